The van der Waals surface area contributed by atoms with Gasteiger partial charge in [-0.15, -0.1) is 0 Å². The van der Waals surface area contributed by atoms with Crippen molar-refractivity contribution in [3.63, 3.8) is 0 Å². The first-order valence-electron chi connectivity index (χ1n) is 5.79. The van der Waals surface area contributed by atoms with Crippen LogP contribution >= 0.6 is 0 Å². The zero-order valence-corrected chi connectivity index (χ0v) is 10.1. The Kier molecular flexibility index (Phi) is 7.37. The average molecular weight is 231 g/mol. The summed E-state index contributed by atoms with van der Waals surface area (Å²) in [6.45, 7) is 4.22. The molecule has 94 valence electrons. The number of nitrogens with one attached hydrogen (secondary N) is 1. The summed E-state index contributed by atoms with van der Waals surface area (Å²) in [7, 11) is -1.17. The molecule has 0 saturated carbocycles. The summed E-state index contributed by atoms with van der Waals surface area (Å²) >= 11 is 0. The highest BCUT2D eigenvalue weighted by molar-refractivity contribution is 6.38. The fourth-order valence-electron chi connectivity index (χ4n) is 1.79. The van der Waals surface area contributed by atoms with Crippen LogP contribution in [0.4, 0.5) is 0 Å². The van der Waals surface area contributed by atoms with Gasteiger partial charge in [-0.3, -0.25) is 4.79 Å². The van der Waals surface area contributed by atoms with Gasteiger partial charge in [-0.25, -0.2) is 0 Å². The Morgan fingerprint density at radius 2 is 2.06 bits per heavy atom. The molecule has 0 radical (unpaired) electrons. The summed E-state index contributed by atoms with van der Waals surface area (Å²) in [5.74, 6) is -0.673. The lowest BCUT2D eigenvalue weighted by Gasteiger charge is -2.23. The molecule has 4 N–H and O–H groups in total. The SMILES string of the molecule is CB(O)O.CCCCC1(C(=O)O)CCCN1. The van der Waals surface area contributed by atoms with Gasteiger partial charge in [0.05, 0.1) is 0 Å². The summed E-state index contributed by atoms with van der Waals surface area (Å²) in [6, 6.07) is 0. The van der Waals surface area contributed by atoms with Crippen LogP contribution in [0.25, 0.3) is 0 Å². The normalized spacial score (nSPS) is 23.5. The lowest BCUT2D eigenvalue weighted by Crippen LogP contribution is -2.47. The minimum atomic E-state index is -1.17. The second kappa shape index (κ2) is 7.65. The van der Waals surface area contributed by atoms with E-state index in [1.807, 2.05) is 0 Å². The van der Waals surface area contributed by atoms with Gasteiger partial charge in [0.1, 0.15) is 5.54 Å². The molecule has 1 fully saturated rings. The van der Waals surface area contributed by atoms with Gasteiger partial charge in [-0.05, 0) is 32.6 Å². The molecule has 1 aliphatic heterocycles. The Bertz CT molecular complexity index is 202. The first-order valence-corrected chi connectivity index (χ1v) is 5.79. The van der Waals surface area contributed by atoms with Gasteiger partial charge in [0.25, 0.3) is 0 Å². The van der Waals surface area contributed by atoms with Gasteiger partial charge in [0.2, 0.25) is 0 Å². The molecule has 0 aromatic carbocycles. The van der Waals surface area contributed by atoms with E-state index < -0.39 is 18.6 Å². The van der Waals surface area contributed by atoms with Crippen LogP contribution in [0, 0.1) is 0 Å². The smallest absolute Gasteiger partial charge is 0.448 e. The number of hydrogen-bond acceptors (Lipinski definition) is 4. The predicted molar refractivity (Wildman–Crippen MR) is 63.2 cm³/mol. The molecule has 1 saturated heterocycles. The summed E-state index contributed by atoms with van der Waals surface area (Å²) < 4.78 is 0. The Labute approximate surface area is 97.0 Å². The van der Waals surface area contributed by atoms with Crippen molar-refractivity contribution in [2.24, 2.45) is 0 Å². The first kappa shape index (κ1) is 15.4. The second-order valence-electron chi connectivity index (χ2n) is 4.15. The largest absolute Gasteiger partial charge is 0.480 e. The number of aliphatic carboxylic acids is 1. The highest BCUT2D eigenvalue weighted by Gasteiger charge is 2.39. The van der Waals surface area contributed by atoms with E-state index in [4.69, 9.17) is 15.2 Å². The van der Waals surface area contributed by atoms with Crippen molar-refractivity contribution in [3.05, 3.63) is 0 Å². The van der Waals surface area contributed by atoms with Gasteiger partial charge in [0, 0.05) is 0 Å². The zero-order chi connectivity index (χ0) is 12.6. The van der Waals surface area contributed by atoms with Crippen LogP contribution in [0.5, 0.6) is 0 Å². The zero-order valence-electron chi connectivity index (χ0n) is 10.1. The van der Waals surface area contributed by atoms with Gasteiger partial charge in [0.15, 0.2) is 0 Å². The highest BCUT2D eigenvalue weighted by Crippen LogP contribution is 2.25. The van der Waals surface area contributed by atoms with Gasteiger partial charge >= 0.3 is 13.1 Å². The molecule has 0 aromatic heterocycles. The number of carbonyl (C=O) groups is 1. The molecule has 0 spiro atoms. The van der Waals surface area contributed by atoms with E-state index in [0.717, 1.165) is 38.6 Å². The van der Waals surface area contributed by atoms with Crippen LogP contribution in [0.2, 0.25) is 6.82 Å². The Morgan fingerprint density at radius 1 is 1.50 bits per heavy atom. The fourth-order valence-corrected chi connectivity index (χ4v) is 1.79. The molecule has 0 bridgehead atoms. The number of rotatable bonds is 4. The van der Waals surface area contributed by atoms with E-state index in [0.29, 0.717) is 0 Å². The van der Waals surface area contributed by atoms with Crippen molar-refractivity contribution in [2.45, 2.75) is 51.4 Å². The van der Waals surface area contributed by atoms with Crippen LogP contribution in [-0.2, 0) is 4.79 Å². The third kappa shape index (κ3) is 5.49. The molecule has 0 aliphatic carbocycles. The van der Waals surface area contributed by atoms with Crippen molar-refractivity contribution in [1.29, 1.82) is 0 Å². The summed E-state index contributed by atoms with van der Waals surface area (Å²) in [5.41, 5.74) is -0.587. The maximum Gasteiger partial charge on any atom is 0.448 e. The van der Waals surface area contributed by atoms with Crippen molar-refractivity contribution >= 4 is 13.1 Å². The summed E-state index contributed by atoms with van der Waals surface area (Å²) in [4.78, 5) is 11.0. The van der Waals surface area contributed by atoms with Crippen LogP contribution in [0.1, 0.15) is 39.0 Å². The molecule has 1 aliphatic rings. The molecular weight excluding hydrogens is 209 g/mol. The minimum Gasteiger partial charge on any atom is -0.480 e. The molecule has 1 heterocycles. The van der Waals surface area contributed by atoms with E-state index in [1.165, 1.54) is 6.82 Å². The van der Waals surface area contributed by atoms with Crippen LogP contribution in [-0.4, -0.2) is 40.3 Å². The third-order valence-electron chi connectivity index (χ3n) is 2.61. The molecule has 1 atom stereocenters. The summed E-state index contributed by atoms with van der Waals surface area (Å²) in [6.07, 6.45) is 4.63. The monoisotopic (exact) mass is 231 g/mol. The molecule has 1 rings (SSSR count). The number of hydrogen-bond donors (Lipinski definition) is 4. The lowest BCUT2D eigenvalue weighted by molar-refractivity contribution is -0.144. The highest BCUT2D eigenvalue weighted by atomic mass is 16.4. The van der Waals surface area contributed by atoms with Gasteiger partial charge < -0.3 is 20.5 Å². The van der Waals surface area contributed by atoms with Crippen LogP contribution in [0.15, 0.2) is 0 Å². The van der Waals surface area contributed by atoms with Crippen molar-refractivity contribution in [3.8, 4) is 0 Å². The van der Waals surface area contributed by atoms with E-state index >= 15 is 0 Å². The maximum atomic E-state index is 11.0. The quantitative estimate of drug-likeness (QED) is 0.528. The van der Waals surface area contributed by atoms with Gasteiger partial charge in [-0.1, -0.05) is 19.8 Å². The van der Waals surface area contributed by atoms with E-state index in [2.05, 4.69) is 12.2 Å². The molecule has 5 nitrogen and oxygen atoms in total. The molecule has 1 unspecified atom stereocenters. The maximum absolute atomic E-state index is 11.0. The molecule has 6 heteroatoms. The Hall–Kier alpha value is -0.585. The summed E-state index contributed by atoms with van der Waals surface area (Å²) in [5, 5.41) is 27.4. The van der Waals surface area contributed by atoms with Crippen molar-refractivity contribution in [2.75, 3.05) is 6.54 Å². The van der Waals surface area contributed by atoms with E-state index in [-0.39, 0.29) is 0 Å². The number of carboxylic acids is 1. The Morgan fingerprint density at radius 3 is 2.38 bits per heavy atom. The van der Waals surface area contributed by atoms with Gasteiger partial charge in [-0.2, -0.15) is 0 Å². The molecule has 16 heavy (non-hydrogen) atoms. The Balaban J connectivity index is 0.000000487. The fraction of sp³-hybridized carbons (Fsp3) is 0.900. The van der Waals surface area contributed by atoms with E-state index in [9.17, 15) is 4.79 Å². The second-order valence-corrected chi connectivity index (χ2v) is 4.15. The van der Waals surface area contributed by atoms with Crippen molar-refractivity contribution in [1.82, 2.24) is 5.32 Å². The van der Waals surface area contributed by atoms with Crippen LogP contribution in [0.3, 0.4) is 0 Å². The average Bonchev–Trinajstić information content (AvgIpc) is 2.63. The first-order chi connectivity index (χ1) is 7.44. The molecular formula is C10H22BNO4. The predicted octanol–water partition coefficient (Wildman–Crippen LogP) is 0.472. The van der Waals surface area contributed by atoms with Crippen LogP contribution < -0.4 is 5.32 Å². The van der Waals surface area contributed by atoms with E-state index in [1.54, 1.807) is 0 Å². The minimum absolute atomic E-state index is 0.587. The lowest BCUT2D eigenvalue weighted by atomic mass is 9.91. The molecule has 0 aromatic rings. The third-order valence-corrected chi connectivity index (χ3v) is 2.61. The number of carboxylic acid groups (broad SMARTS) is 1. The standard InChI is InChI=1S/C9H17NO2.CH5BO2/c1-2-3-5-9(8(11)12)6-4-7-10-9;1-2(3)4/h10H,2-7H2,1H3,(H,11,12);3-4H,1H3. The topological polar surface area (TPSA) is 89.8 Å². The molecule has 0 amide bonds. The van der Waals surface area contributed by atoms with Crippen molar-refractivity contribution < 1.29 is 19.9 Å². The number of unbranched alkanes of at least 4 members (excludes halogenated alkanes) is 1.